The number of fused-ring (bicyclic) bond motifs is 4. The molecular weight excluding hydrogens is 733 g/mol. The van der Waals surface area contributed by atoms with Crippen LogP contribution in [-0.2, 0) is 14.1 Å². The van der Waals surface area contributed by atoms with Gasteiger partial charge in [0.05, 0.1) is 44.0 Å². The average Bonchev–Trinajstić information content (AvgIpc) is 3.98. The first kappa shape index (κ1) is 41.0. The molecule has 9 nitrogen and oxygen atoms in total. The molecule has 304 valence electrons. The lowest BCUT2D eigenvalue weighted by Gasteiger charge is -2.22. The van der Waals surface area contributed by atoms with Crippen LogP contribution in [0.25, 0.3) is 44.1 Å². The van der Waals surface area contributed by atoms with Gasteiger partial charge in [-0.3, -0.25) is 4.94 Å². The fourth-order valence-electron chi connectivity index (χ4n) is 9.39. The van der Waals surface area contributed by atoms with E-state index in [9.17, 15) is 0 Å². The number of aromatic nitrogens is 8. The molecule has 4 aromatic carbocycles. The van der Waals surface area contributed by atoms with Gasteiger partial charge in [0, 0.05) is 14.1 Å². The number of benzene rings is 4. The van der Waals surface area contributed by atoms with E-state index >= 15 is 0 Å². The lowest BCUT2D eigenvalue weighted by Crippen LogP contribution is -2.59. The molecule has 0 unspecified atom stereocenters. The van der Waals surface area contributed by atoms with Crippen molar-refractivity contribution in [2.75, 3.05) is 0 Å². The van der Waals surface area contributed by atoms with Gasteiger partial charge in [-0.15, -0.1) is 9.46 Å². The Kier molecular flexibility index (Phi) is 9.86. The third-order valence-corrected chi connectivity index (χ3v) is 17.7. The zero-order valence-corrected chi connectivity index (χ0v) is 39.6. The summed E-state index contributed by atoms with van der Waals surface area (Å²) >= 11 is 0. The summed E-state index contributed by atoms with van der Waals surface area (Å²) in [7, 11) is 2.21. The van der Waals surface area contributed by atoms with E-state index in [2.05, 4.69) is 157 Å². The first-order chi connectivity index (χ1) is 27.1. The second-order valence-corrected chi connectivity index (χ2v) is 21.8. The minimum absolute atomic E-state index is 0.986. The molecule has 0 atom stereocenters. The molecule has 0 bridgehead atoms. The van der Waals surface area contributed by atoms with Crippen LogP contribution in [0.2, 0.25) is 13.1 Å². The standard InChI is InChI=1S/C26H36N4Si.C22H26N4O/c1-13-15(3)19(7)23-21(17(13)5)27-25(29(23)9)31(11,12)26-28-22-18(6)14(2)16(4)20(8)24(22)30(26)10;1-11-13(3)17(7)21-19(15(11)5)23-9-25(21)27-26-10-24-20-16(6)12(2)14(4)18(8)22(20)26/h1-12H3;9-10H,1-8H3. The van der Waals surface area contributed by atoms with Gasteiger partial charge in [0.1, 0.15) is 23.7 Å². The fraction of sp³-hybridized carbons (Fsp3) is 0.417. The van der Waals surface area contributed by atoms with Gasteiger partial charge in [-0.05, 0) is 200 Å². The summed E-state index contributed by atoms with van der Waals surface area (Å²) in [6.07, 6.45) is 3.50. The molecule has 0 radical (unpaired) electrons. The smallest absolute Gasteiger partial charge is 0.201 e. The largest absolute Gasteiger partial charge is 0.335 e. The van der Waals surface area contributed by atoms with E-state index in [1.807, 2.05) is 0 Å². The lowest BCUT2D eigenvalue weighted by atomic mass is 9.97. The first-order valence-corrected chi connectivity index (χ1v) is 23.5. The number of rotatable bonds is 4. The molecule has 8 rings (SSSR count). The van der Waals surface area contributed by atoms with E-state index in [0.29, 0.717) is 0 Å². The first-order valence-electron chi connectivity index (χ1n) is 20.5. The Bertz CT molecular complexity index is 2840. The molecule has 8 aromatic rings. The molecule has 0 aliphatic carbocycles. The Hall–Kier alpha value is -5.22. The molecule has 0 saturated heterocycles. The van der Waals surface area contributed by atoms with Crippen LogP contribution in [-0.4, -0.2) is 46.6 Å². The van der Waals surface area contributed by atoms with E-state index in [1.165, 1.54) is 111 Å². The van der Waals surface area contributed by atoms with Crippen LogP contribution < -0.4 is 15.8 Å². The highest BCUT2D eigenvalue weighted by Crippen LogP contribution is 2.32. The minimum Gasteiger partial charge on any atom is -0.335 e. The number of hydrogen-bond acceptors (Lipinski definition) is 5. The van der Waals surface area contributed by atoms with Crippen LogP contribution in [0.4, 0.5) is 0 Å². The van der Waals surface area contributed by atoms with Crippen molar-refractivity contribution in [3.8, 4) is 0 Å². The van der Waals surface area contributed by atoms with Crippen molar-refractivity contribution in [3.63, 3.8) is 0 Å². The molecule has 0 fully saturated rings. The third kappa shape index (κ3) is 5.68. The van der Waals surface area contributed by atoms with Crippen molar-refractivity contribution in [1.82, 2.24) is 38.5 Å². The monoisotopic (exact) mass is 794 g/mol. The van der Waals surface area contributed by atoms with Crippen LogP contribution >= 0.6 is 0 Å². The van der Waals surface area contributed by atoms with Gasteiger partial charge in [0.15, 0.2) is 0 Å². The normalized spacial score (nSPS) is 12.1. The zero-order chi connectivity index (χ0) is 42.8. The van der Waals surface area contributed by atoms with Crippen LogP contribution in [0.3, 0.4) is 0 Å². The molecule has 0 N–H and O–H groups in total. The van der Waals surface area contributed by atoms with E-state index in [-0.39, 0.29) is 0 Å². The summed E-state index contributed by atoms with van der Waals surface area (Å²) in [5.41, 5.74) is 31.9. The molecule has 0 aliphatic rings. The Morgan fingerprint density at radius 2 is 0.621 bits per heavy atom. The number of imidazole rings is 4. The van der Waals surface area contributed by atoms with Gasteiger partial charge in [-0.2, -0.15) is 0 Å². The molecular formula is C48H62N8OSi. The van der Waals surface area contributed by atoms with Crippen LogP contribution in [0.1, 0.15) is 89.0 Å². The Balaban J connectivity index is 0.000000178. The van der Waals surface area contributed by atoms with Crippen molar-refractivity contribution in [2.45, 2.75) is 124 Å². The topological polar surface area (TPSA) is 80.5 Å². The number of aryl methyl sites for hydroxylation is 10. The van der Waals surface area contributed by atoms with E-state index < -0.39 is 8.07 Å². The number of hydrogen-bond donors (Lipinski definition) is 0. The van der Waals surface area contributed by atoms with Crippen molar-refractivity contribution in [2.24, 2.45) is 14.1 Å². The molecule has 0 aliphatic heterocycles. The third-order valence-electron chi connectivity index (χ3n) is 14.5. The maximum atomic E-state index is 6.25. The Labute approximate surface area is 345 Å². The van der Waals surface area contributed by atoms with Gasteiger partial charge in [0.25, 0.3) is 0 Å². The maximum Gasteiger partial charge on any atom is 0.201 e. The van der Waals surface area contributed by atoms with Gasteiger partial charge in [-0.25, -0.2) is 19.9 Å². The maximum absolute atomic E-state index is 6.25. The van der Waals surface area contributed by atoms with Gasteiger partial charge in [0.2, 0.25) is 8.07 Å². The molecule has 4 heterocycles. The summed E-state index contributed by atoms with van der Waals surface area (Å²) < 4.78 is 8.22. The summed E-state index contributed by atoms with van der Waals surface area (Å²) in [5.74, 6) is 0. The van der Waals surface area contributed by atoms with Gasteiger partial charge in [-0.1, -0.05) is 13.1 Å². The van der Waals surface area contributed by atoms with Crippen molar-refractivity contribution < 1.29 is 4.94 Å². The summed E-state index contributed by atoms with van der Waals surface area (Å²) in [6.45, 7) is 39.7. The van der Waals surface area contributed by atoms with Crippen LogP contribution in [0.15, 0.2) is 12.7 Å². The molecule has 58 heavy (non-hydrogen) atoms. The molecule has 10 heteroatoms. The highest BCUT2D eigenvalue weighted by molar-refractivity contribution is 6.98. The molecule has 0 saturated carbocycles. The second-order valence-electron chi connectivity index (χ2n) is 17.6. The highest BCUT2D eigenvalue weighted by atomic mass is 28.3. The van der Waals surface area contributed by atoms with Crippen LogP contribution in [0, 0.1) is 111 Å². The predicted molar refractivity (Wildman–Crippen MR) is 245 cm³/mol. The SMILES string of the molecule is Cc1c(C)c(C)c2c(nc([Si](C)(C)c3nc4c(C)c(C)c(C)c(C)c4n3C)n2C)c1C.Cc1c(C)c(C)c2c(ncn2On2cnc3c(C)c(C)c(C)c(C)c32)c1C. The van der Waals surface area contributed by atoms with E-state index in [0.717, 1.165) is 33.1 Å². The zero-order valence-electron chi connectivity index (χ0n) is 38.6. The van der Waals surface area contributed by atoms with Crippen LogP contribution in [0.5, 0.6) is 0 Å². The van der Waals surface area contributed by atoms with Gasteiger partial charge < -0.3 is 9.13 Å². The van der Waals surface area contributed by atoms with Crippen molar-refractivity contribution in [1.29, 1.82) is 0 Å². The minimum atomic E-state index is -2.17. The number of nitrogens with zero attached hydrogens (tertiary/aromatic N) is 8. The molecule has 4 aromatic heterocycles. The highest BCUT2D eigenvalue weighted by Gasteiger charge is 2.38. The van der Waals surface area contributed by atoms with Gasteiger partial charge >= 0.3 is 0 Å². The molecule has 0 spiro atoms. The quantitative estimate of drug-likeness (QED) is 0.166. The summed E-state index contributed by atoms with van der Waals surface area (Å²) in [6, 6.07) is 0. The second kappa shape index (κ2) is 14.0. The van der Waals surface area contributed by atoms with E-state index in [4.69, 9.17) is 14.9 Å². The van der Waals surface area contributed by atoms with E-state index in [1.54, 1.807) is 22.1 Å². The predicted octanol–water partition coefficient (Wildman–Crippen LogP) is 9.50. The summed E-state index contributed by atoms with van der Waals surface area (Å²) in [5, 5.41) is 0. The fourth-order valence-corrected chi connectivity index (χ4v) is 12.3. The average molecular weight is 795 g/mol. The lowest BCUT2D eigenvalue weighted by molar-refractivity contribution is 0.0493. The Morgan fingerprint density at radius 1 is 0.362 bits per heavy atom. The molecule has 0 amide bonds. The Morgan fingerprint density at radius 3 is 0.931 bits per heavy atom. The van der Waals surface area contributed by atoms with Crippen molar-refractivity contribution in [3.05, 3.63) is 102 Å². The summed E-state index contributed by atoms with van der Waals surface area (Å²) in [4.78, 5) is 26.1. The van der Waals surface area contributed by atoms with Crippen molar-refractivity contribution >= 4 is 63.1 Å².